The summed E-state index contributed by atoms with van der Waals surface area (Å²) in [6.07, 6.45) is 5.38. The molecule has 1 unspecified atom stereocenters. The number of carbonyl (C=O) groups excluding carboxylic acids is 1. The largest absolute Gasteiger partial charge is 0.328 e. The number of carbonyl (C=O) groups is 1. The van der Waals surface area contributed by atoms with Crippen LogP contribution in [0.3, 0.4) is 0 Å². The molecular formula is C19H28N4O. The number of benzene rings is 1. The molecule has 0 radical (unpaired) electrons. The first-order chi connectivity index (χ1) is 11.6. The second-order valence-corrected chi connectivity index (χ2v) is 6.66. The van der Waals surface area contributed by atoms with E-state index in [1.165, 1.54) is 12.8 Å². The molecule has 1 aromatic carbocycles. The molecule has 130 valence electrons. The van der Waals surface area contributed by atoms with Crippen LogP contribution in [0, 0.1) is 0 Å². The van der Waals surface area contributed by atoms with Gasteiger partial charge in [0.1, 0.15) is 5.82 Å². The van der Waals surface area contributed by atoms with Crippen LogP contribution in [0.1, 0.15) is 45.4 Å². The lowest BCUT2D eigenvalue weighted by atomic mass is 10.1. The SMILES string of the molecule is CCc1nc2cc(NC(=O)C3CCCCCN3C)ccc2n1CC. The van der Waals surface area contributed by atoms with Crippen LogP contribution in [-0.4, -0.2) is 40.0 Å². The summed E-state index contributed by atoms with van der Waals surface area (Å²) < 4.78 is 2.24. The highest BCUT2D eigenvalue weighted by atomic mass is 16.2. The first-order valence-corrected chi connectivity index (χ1v) is 9.14. The fourth-order valence-electron chi connectivity index (χ4n) is 3.69. The fraction of sp³-hybridized carbons (Fsp3) is 0.579. The topological polar surface area (TPSA) is 50.2 Å². The van der Waals surface area contributed by atoms with Crippen LogP contribution >= 0.6 is 0 Å². The van der Waals surface area contributed by atoms with E-state index >= 15 is 0 Å². The average molecular weight is 328 g/mol. The lowest BCUT2D eigenvalue weighted by molar-refractivity contribution is -0.120. The molecule has 1 atom stereocenters. The van der Waals surface area contributed by atoms with Crippen molar-refractivity contribution < 1.29 is 4.79 Å². The maximum atomic E-state index is 12.7. The number of rotatable bonds is 4. The lowest BCUT2D eigenvalue weighted by Crippen LogP contribution is -2.41. The molecule has 0 aliphatic carbocycles. The van der Waals surface area contributed by atoms with E-state index in [0.29, 0.717) is 0 Å². The van der Waals surface area contributed by atoms with Gasteiger partial charge in [0.15, 0.2) is 0 Å². The molecule has 1 aliphatic rings. The summed E-state index contributed by atoms with van der Waals surface area (Å²) in [5.74, 6) is 1.20. The van der Waals surface area contributed by atoms with E-state index in [0.717, 1.165) is 54.9 Å². The van der Waals surface area contributed by atoms with Gasteiger partial charge in [0, 0.05) is 18.7 Å². The molecule has 1 aromatic heterocycles. The zero-order valence-electron chi connectivity index (χ0n) is 15.0. The van der Waals surface area contributed by atoms with Crippen molar-refractivity contribution in [3.63, 3.8) is 0 Å². The van der Waals surface area contributed by atoms with Gasteiger partial charge in [-0.2, -0.15) is 0 Å². The number of amides is 1. The van der Waals surface area contributed by atoms with Gasteiger partial charge in [-0.1, -0.05) is 19.8 Å². The van der Waals surface area contributed by atoms with Crippen molar-refractivity contribution in [3.8, 4) is 0 Å². The number of imidazole rings is 1. The lowest BCUT2D eigenvalue weighted by Gasteiger charge is -2.24. The molecular weight excluding hydrogens is 300 g/mol. The summed E-state index contributed by atoms with van der Waals surface area (Å²) in [6.45, 7) is 6.17. The fourth-order valence-corrected chi connectivity index (χ4v) is 3.69. The second kappa shape index (κ2) is 7.34. The highest BCUT2D eigenvalue weighted by Crippen LogP contribution is 2.22. The number of aryl methyl sites for hydroxylation is 2. The van der Waals surface area contributed by atoms with Crippen LogP contribution in [0.2, 0.25) is 0 Å². The maximum Gasteiger partial charge on any atom is 0.241 e. The van der Waals surface area contributed by atoms with Gasteiger partial charge < -0.3 is 9.88 Å². The molecule has 0 bridgehead atoms. The Morgan fingerprint density at radius 2 is 2.12 bits per heavy atom. The minimum absolute atomic E-state index is 0.0254. The predicted molar refractivity (Wildman–Crippen MR) is 98.3 cm³/mol. The quantitative estimate of drug-likeness (QED) is 0.935. The Kier molecular flexibility index (Phi) is 5.19. The summed E-state index contributed by atoms with van der Waals surface area (Å²) in [5.41, 5.74) is 2.94. The first-order valence-electron chi connectivity index (χ1n) is 9.14. The smallest absolute Gasteiger partial charge is 0.241 e. The van der Waals surface area contributed by atoms with Gasteiger partial charge in [-0.15, -0.1) is 0 Å². The van der Waals surface area contributed by atoms with Crippen LogP contribution in [0.5, 0.6) is 0 Å². The van der Waals surface area contributed by atoms with Crippen molar-refractivity contribution >= 4 is 22.6 Å². The predicted octanol–water partition coefficient (Wildman–Crippen LogP) is 3.43. The van der Waals surface area contributed by atoms with Crippen molar-refractivity contribution in [2.75, 3.05) is 18.9 Å². The zero-order valence-corrected chi connectivity index (χ0v) is 15.0. The number of fused-ring (bicyclic) bond motifs is 1. The molecule has 2 heterocycles. The Labute approximate surface area is 144 Å². The second-order valence-electron chi connectivity index (χ2n) is 6.66. The van der Waals surface area contributed by atoms with E-state index < -0.39 is 0 Å². The molecule has 0 saturated carbocycles. The van der Waals surface area contributed by atoms with Crippen LogP contribution in [0.25, 0.3) is 11.0 Å². The van der Waals surface area contributed by atoms with E-state index in [1.807, 2.05) is 12.1 Å². The molecule has 2 aromatic rings. The van der Waals surface area contributed by atoms with E-state index in [9.17, 15) is 4.79 Å². The molecule has 1 amide bonds. The molecule has 5 nitrogen and oxygen atoms in total. The Morgan fingerprint density at radius 1 is 1.29 bits per heavy atom. The molecule has 24 heavy (non-hydrogen) atoms. The summed E-state index contributed by atoms with van der Waals surface area (Å²) in [6, 6.07) is 6.03. The van der Waals surface area contributed by atoms with Gasteiger partial charge >= 0.3 is 0 Å². The van der Waals surface area contributed by atoms with Crippen LogP contribution in [0.4, 0.5) is 5.69 Å². The number of aromatic nitrogens is 2. The number of likely N-dealkylation sites (tertiary alicyclic amines) is 1. The zero-order chi connectivity index (χ0) is 17.1. The van der Waals surface area contributed by atoms with Gasteiger partial charge in [0.25, 0.3) is 0 Å². The van der Waals surface area contributed by atoms with Gasteiger partial charge in [-0.25, -0.2) is 4.98 Å². The number of nitrogens with one attached hydrogen (secondary N) is 1. The summed E-state index contributed by atoms with van der Waals surface area (Å²) >= 11 is 0. The Hall–Kier alpha value is -1.88. The van der Waals surface area contributed by atoms with E-state index in [2.05, 4.69) is 41.7 Å². The average Bonchev–Trinajstić information content (AvgIpc) is 2.79. The van der Waals surface area contributed by atoms with E-state index in [4.69, 9.17) is 4.98 Å². The number of likely N-dealkylation sites (N-methyl/N-ethyl adjacent to an activating group) is 1. The highest BCUT2D eigenvalue weighted by Gasteiger charge is 2.24. The van der Waals surface area contributed by atoms with Gasteiger partial charge in [0.2, 0.25) is 5.91 Å². The minimum atomic E-state index is -0.0254. The molecule has 0 spiro atoms. The third kappa shape index (κ3) is 3.31. The number of anilines is 1. The summed E-state index contributed by atoms with van der Waals surface area (Å²) in [7, 11) is 2.05. The molecule has 1 aliphatic heterocycles. The third-order valence-corrected chi connectivity index (χ3v) is 5.05. The molecule has 3 rings (SSSR count). The number of hydrogen-bond acceptors (Lipinski definition) is 3. The van der Waals surface area contributed by atoms with Gasteiger partial charge in [0.05, 0.1) is 17.1 Å². The van der Waals surface area contributed by atoms with Crippen molar-refractivity contribution in [1.29, 1.82) is 0 Å². The van der Waals surface area contributed by atoms with Crippen molar-refractivity contribution in [2.45, 2.75) is 58.5 Å². The Morgan fingerprint density at radius 3 is 2.88 bits per heavy atom. The Balaban J connectivity index is 1.80. The molecule has 1 fully saturated rings. The highest BCUT2D eigenvalue weighted by molar-refractivity contribution is 5.96. The molecule has 5 heteroatoms. The molecule has 1 N–H and O–H groups in total. The standard InChI is InChI=1S/C19H28N4O/c1-4-18-21-15-13-14(10-11-16(15)23(18)5-2)20-19(24)17-9-7-6-8-12-22(17)3/h10-11,13,17H,4-9,12H2,1-3H3,(H,20,24). The van der Waals surface area contributed by atoms with Gasteiger partial charge in [-0.3, -0.25) is 9.69 Å². The van der Waals surface area contributed by atoms with Gasteiger partial charge in [-0.05, 0) is 51.6 Å². The third-order valence-electron chi connectivity index (χ3n) is 5.05. The normalized spacial score (nSPS) is 19.4. The minimum Gasteiger partial charge on any atom is -0.328 e. The van der Waals surface area contributed by atoms with Crippen molar-refractivity contribution in [1.82, 2.24) is 14.5 Å². The van der Waals surface area contributed by atoms with Crippen LogP contribution in [0.15, 0.2) is 18.2 Å². The monoisotopic (exact) mass is 328 g/mol. The summed E-state index contributed by atoms with van der Waals surface area (Å²) in [5, 5.41) is 3.10. The molecule has 1 saturated heterocycles. The van der Waals surface area contributed by atoms with Crippen LogP contribution in [-0.2, 0) is 17.8 Å². The summed E-state index contributed by atoms with van der Waals surface area (Å²) in [4.78, 5) is 19.6. The van der Waals surface area contributed by atoms with Crippen LogP contribution < -0.4 is 5.32 Å². The van der Waals surface area contributed by atoms with Crippen molar-refractivity contribution in [3.05, 3.63) is 24.0 Å². The number of hydrogen-bond donors (Lipinski definition) is 1. The van der Waals surface area contributed by atoms with Crippen molar-refractivity contribution in [2.24, 2.45) is 0 Å². The van der Waals surface area contributed by atoms with E-state index in [1.54, 1.807) is 0 Å². The number of nitrogens with zero attached hydrogens (tertiary/aromatic N) is 3. The first kappa shape index (κ1) is 17.0. The Bertz CT molecular complexity index is 721. The maximum absolute atomic E-state index is 12.7. The van der Waals surface area contributed by atoms with E-state index in [-0.39, 0.29) is 11.9 Å².